The van der Waals surface area contributed by atoms with Crippen LogP contribution in [0.1, 0.15) is 46.5 Å². The predicted octanol–water partition coefficient (Wildman–Crippen LogP) is 1.56. The maximum absolute atomic E-state index is 12.4. The van der Waals surface area contributed by atoms with E-state index >= 15 is 0 Å². The van der Waals surface area contributed by atoms with Gasteiger partial charge in [-0.1, -0.05) is 13.8 Å². The van der Waals surface area contributed by atoms with Gasteiger partial charge in [0.1, 0.15) is 0 Å². The molecule has 0 aromatic carbocycles. The number of nitrogens with zero attached hydrogens (tertiary/aromatic N) is 5. The van der Waals surface area contributed by atoms with Gasteiger partial charge in [-0.15, -0.1) is 0 Å². The van der Waals surface area contributed by atoms with Gasteiger partial charge < -0.3 is 20.0 Å². The summed E-state index contributed by atoms with van der Waals surface area (Å²) < 4.78 is 0. The number of nitrogens with one attached hydrogen (secondary N) is 1. The second kappa shape index (κ2) is 11.9. The Morgan fingerprint density at radius 2 is 1.70 bits per heavy atom. The van der Waals surface area contributed by atoms with Crippen LogP contribution in [0, 0.1) is 11.8 Å². The average molecular weight is 421 g/mol. The first-order valence-corrected chi connectivity index (χ1v) is 12.3. The Labute approximate surface area is 183 Å². The minimum atomic E-state index is 0.310. The zero-order chi connectivity index (χ0) is 21.3. The second-order valence-corrected chi connectivity index (χ2v) is 9.71. The summed E-state index contributed by atoms with van der Waals surface area (Å²) in [6, 6.07) is 0. The van der Waals surface area contributed by atoms with Gasteiger partial charge in [-0.3, -0.25) is 14.7 Å². The fourth-order valence-electron chi connectivity index (χ4n) is 5.00. The van der Waals surface area contributed by atoms with E-state index in [0.29, 0.717) is 18.4 Å². The van der Waals surface area contributed by atoms with Crippen LogP contribution < -0.4 is 5.32 Å². The van der Waals surface area contributed by atoms with Crippen LogP contribution in [0.2, 0.25) is 0 Å². The van der Waals surface area contributed by atoms with Crippen LogP contribution in [0.5, 0.6) is 0 Å². The summed E-state index contributed by atoms with van der Waals surface area (Å²) >= 11 is 0. The normalized spacial score (nSPS) is 24.7. The molecule has 0 bridgehead atoms. The lowest BCUT2D eigenvalue weighted by Crippen LogP contribution is -2.54. The van der Waals surface area contributed by atoms with Gasteiger partial charge in [-0.05, 0) is 51.0 Å². The first-order valence-electron chi connectivity index (χ1n) is 12.3. The van der Waals surface area contributed by atoms with Crippen molar-refractivity contribution in [3.8, 4) is 0 Å². The van der Waals surface area contributed by atoms with E-state index in [2.05, 4.69) is 40.8 Å². The second-order valence-electron chi connectivity index (χ2n) is 9.71. The van der Waals surface area contributed by atoms with Crippen molar-refractivity contribution in [3.05, 3.63) is 0 Å². The lowest BCUT2D eigenvalue weighted by Gasteiger charge is -2.37. The Balaban J connectivity index is 1.45. The SMILES string of the molecule is CCNC(=NCC1CCCN(CC(C)C)C1)N1CCN(CC(=O)N2CCCC2)CC1. The van der Waals surface area contributed by atoms with Gasteiger partial charge in [0.25, 0.3) is 0 Å². The lowest BCUT2D eigenvalue weighted by molar-refractivity contribution is -0.131. The van der Waals surface area contributed by atoms with E-state index in [0.717, 1.165) is 77.1 Å². The van der Waals surface area contributed by atoms with Crippen molar-refractivity contribution in [2.75, 3.05) is 78.5 Å². The number of piperazine rings is 1. The topological polar surface area (TPSA) is 54.4 Å². The van der Waals surface area contributed by atoms with Crippen molar-refractivity contribution in [1.82, 2.24) is 24.9 Å². The quantitative estimate of drug-likeness (QED) is 0.500. The summed E-state index contributed by atoms with van der Waals surface area (Å²) in [6.45, 7) is 18.5. The molecule has 7 heteroatoms. The maximum atomic E-state index is 12.4. The summed E-state index contributed by atoms with van der Waals surface area (Å²) in [7, 11) is 0. The molecule has 0 aromatic rings. The number of rotatable bonds is 7. The standard InChI is InChI=1S/C23H44N6O/c1-4-24-23(25-16-21-8-7-9-27(18-21)17-20(2)3)29-14-12-26(13-15-29)19-22(30)28-10-5-6-11-28/h20-21H,4-19H2,1-3H3,(H,24,25). The van der Waals surface area contributed by atoms with Gasteiger partial charge in [0.05, 0.1) is 6.54 Å². The minimum Gasteiger partial charge on any atom is -0.357 e. The van der Waals surface area contributed by atoms with Crippen molar-refractivity contribution >= 4 is 11.9 Å². The maximum Gasteiger partial charge on any atom is 0.236 e. The molecule has 1 atom stereocenters. The van der Waals surface area contributed by atoms with Gasteiger partial charge in [-0.25, -0.2) is 0 Å². The van der Waals surface area contributed by atoms with Crippen LogP contribution in [0.4, 0.5) is 0 Å². The molecule has 3 rings (SSSR count). The van der Waals surface area contributed by atoms with E-state index in [1.807, 2.05) is 4.90 Å². The Bertz CT molecular complexity index is 552. The van der Waals surface area contributed by atoms with Gasteiger partial charge >= 0.3 is 0 Å². The van der Waals surface area contributed by atoms with Crippen molar-refractivity contribution in [1.29, 1.82) is 0 Å². The Hall–Kier alpha value is -1.34. The third-order valence-corrected chi connectivity index (χ3v) is 6.55. The number of carbonyl (C=O) groups excluding carboxylic acids is 1. The Kier molecular flexibility index (Phi) is 9.25. The Morgan fingerprint density at radius 3 is 2.37 bits per heavy atom. The van der Waals surface area contributed by atoms with E-state index < -0.39 is 0 Å². The number of hydrogen-bond acceptors (Lipinski definition) is 4. The van der Waals surface area contributed by atoms with Crippen LogP contribution >= 0.6 is 0 Å². The molecule has 1 amide bonds. The molecule has 30 heavy (non-hydrogen) atoms. The molecule has 3 fully saturated rings. The van der Waals surface area contributed by atoms with Crippen LogP contribution in [0.15, 0.2) is 4.99 Å². The van der Waals surface area contributed by atoms with E-state index in [1.165, 1.54) is 32.5 Å². The fourth-order valence-corrected chi connectivity index (χ4v) is 5.00. The van der Waals surface area contributed by atoms with Crippen LogP contribution in [-0.2, 0) is 4.79 Å². The highest BCUT2D eigenvalue weighted by Crippen LogP contribution is 2.18. The highest BCUT2D eigenvalue weighted by molar-refractivity contribution is 5.80. The highest BCUT2D eigenvalue weighted by Gasteiger charge is 2.25. The zero-order valence-electron chi connectivity index (χ0n) is 19.6. The monoisotopic (exact) mass is 420 g/mol. The highest BCUT2D eigenvalue weighted by atomic mass is 16.2. The number of hydrogen-bond donors (Lipinski definition) is 1. The Morgan fingerprint density at radius 1 is 0.967 bits per heavy atom. The number of guanidine groups is 1. The lowest BCUT2D eigenvalue weighted by atomic mass is 9.97. The molecule has 0 aliphatic carbocycles. The van der Waals surface area contributed by atoms with Crippen molar-refractivity contribution in [3.63, 3.8) is 0 Å². The molecular formula is C23H44N6O. The third-order valence-electron chi connectivity index (χ3n) is 6.55. The smallest absolute Gasteiger partial charge is 0.236 e. The fraction of sp³-hybridized carbons (Fsp3) is 0.913. The zero-order valence-corrected chi connectivity index (χ0v) is 19.6. The molecule has 3 aliphatic rings. The number of likely N-dealkylation sites (tertiary alicyclic amines) is 2. The molecule has 1 unspecified atom stereocenters. The van der Waals surface area contributed by atoms with Gasteiger partial charge in [0.15, 0.2) is 5.96 Å². The predicted molar refractivity (Wildman–Crippen MR) is 124 cm³/mol. The molecule has 1 N–H and O–H groups in total. The largest absolute Gasteiger partial charge is 0.357 e. The van der Waals surface area contributed by atoms with Gasteiger partial charge in [-0.2, -0.15) is 0 Å². The third kappa shape index (κ3) is 7.12. The number of piperidine rings is 1. The summed E-state index contributed by atoms with van der Waals surface area (Å²) in [5.41, 5.74) is 0. The summed E-state index contributed by atoms with van der Waals surface area (Å²) in [6.07, 6.45) is 4.92. The average Bonchev–Trinajstić information content (AvgIpc) is 3.27. The number of aliphatic imine (C=N–C) groups is 1. The molecule has 3 heterocycles. The van der Waals surface area contributed by atoms with Gasteiger partial charge in [0, 0.05) is 65.4 Å². The number of amides is 1. The number of carbonyl (C=O) groups is 1. The molecule has 7 nitrogen and oxygen atoms in total. The van der Waals surface area contributed by atoms with Crippen LogP contribution in [-0.4, -0.2) is 110 Å². The molecule has 0 radical (unpaired) electrons. The molecule has 0 aromatic heterocycles. The van der Waals surface area contributed by atoms with Gasteiger partial charge in [0.2, 0.25) is 5.91 Å². The van der Waals surface area contributed by atoms with Crippen molar-refractivity contribution < 1.29 is 4.79 Å². The van der Waals surface area contributed by atoms with Crippen LogP contribution in [0.25, 0.3) is 0 Å². The molecule has 172 valence electrons. The molecular weight excluding hydrogens is 376 g/mol. The van der Waals surface area contributed by atoms with E-state index in [-0.39, 0.29) is 0 Å². The molecule has 3 saturated heterocycles. The first-order chi connectivity index (χ1) is 14.5. The van der Waals surface area contributed by atoms with Crippen molar-refractivity contribution in [2.45, 2.75) is 46.5 Å². The molecule has 3 aliphatic heterocycles. The van der Waals surface area contributed by atoms with Crippen LogP contribution in [0.3, 0.4) is 0 Å². The van der Waals surface area contributed by atoms with Crippen molar-refractivity contribution in [2.24, 2.45) is 16.8 Å². The molecule has 0 saturated carbocycles. The summed E-state index contributed by atoms with van der Waals surface area (Å²) in [5, 5.41) is 3.50. The summed E-state index contributed by atoms with van der Waals surface area (Å²) in [4.78, 5) is 26.8. The first kappa shape index (κ1) is 23.3. The molecule has 0 spiro atoms. The van der Waals surface area contributed by atoms with E-state index in [9.17, 15) is 4.79 Å². The minimum absolute atomic E-state index is 0.310. The summed E-state index contributed by atoms with van der Waals surface area (Å²) in [5.74, 6) is 2.78. The van der Waals surface area contributed by atoms with E-state index in [4.69, 9.17) is 4.99 Å². The van der Waals surface area contributed by atoms with E-state index in [1.54, 1.807) is 0 Å².